The molecule has 3 atom stereocenters. The van der Waals surface area contributed by atoms with Crippen LogP contribution in [0.4, 0.5) is 0 Å². The maximum absolute atomic E-state index is 11.8. The standard InChI is InChI=1S/C13H24N2O4S/c1-9(2)14-13(16)6-12-11-4-5-15(20(3,17)18)7-10(11)8-19-12/h9-12H,4-8H2,1-3H3,(H,14,16)/t10-,11+,12+/m0/s1. The molecule has 20 heavy (non-hydrogen) atoms. The lowest BCUT2D eigenvalue weighted by Crippen LogP contribution is -2.44. The van der Waals surface area contributed by atoms with Crippen molar-refractivity contribution in [1.82, 2.24) is 9.62 Å². The molecule has 6 nitrogen and oxygen atoms in total. The van der Waals surface area contributed by atoms with Crippen LogP contribution in [-0.4, -0.2) is 56.7 Å². The minimum Gasteiger partial charge on any atom is -0.377 e. The molecule has 7 heteroatoms. The van der Waals surface area contributed by atoms with Gasteiger partial charge in [-0.1, -0.05) is 0 Å². The zero-order valence-electron chi connectivity index (χ0n) is 12.3. The van der Waals surface area contributed by atoms with Crippen LogP contribution in [0.25, 0.3) is 0 Å². The summed E-state index contributed by atoms with van der Waals surface area (Å²) in [6, 6.07) is 0.131. The van der Waals surface area contributed by atoms with E-state index in [2.05, 4.69) is 5.32 Å². The first-order valence-electron chi connectivity index (χ1n) is 7.13. The Morgan fingerprint density at radius 1 is 1.45 bits per heavy atom. The van der Waals surface area contributed by atoms with E-state index in [9.17, 15) is 13.2 Å². The van der Waals surface area contributed by atoms with Crippen molar-refractivity contribution in [3.05, 3.63) is 0 Å². The Morgan fingerprint density at radius 2 is 2.15 bits per heavy atom. The van der Waals surface area contributed by atoms with Gasteiger partial charge in [-0.2, -0.15) is 0 Å². The molecular weight excluding hydrogens is 280 g/mol. The molecule has 0 aromatic carbocycles. The highest BCUT2D eigenvalue weighted by atomic mass is 32.2. The van der Waals surface area contributed by atoms with Crippen molar-refractivity contribution in [2.45, 2.75) is 38.8 Å². The largest absolute Gasteiger partial charge is 0.377 e. The summed E-state index contributed by atoms with van der Waals surface area (Å²) in [5, 5.41) is 2.87. The second kappa shape index (κ2) is 5.99. The summed E-state index contributed by atoms with van der Waals surface area (Å²) in [4.78, 5) is 11.8. The second-order valence-electron chi connectivity index (χ2n) is 6.13. The van der Waals surface area contributed by atoms with Crippen molar-refractivity contribution in [2.24, 2.45) is 11.8 Å². The molecule has 0 spiro atoms. The highest BCUT2D eigenvalue weighted by Gasteiger charge is 2.43. The molecule has 1 amide bonds. The number of piperidine rings is 1. The number of nitrogens with one attached hydrogen (secondary N) is 1. The van der Waals surface area contributed by atoms with Gasteiger partial charge >= 0.3 is 0 Å². The predicted octanol–water partition coefficient (Wildman–Crippen LogP) is 0.198. The van der Waals surface area contributed by atoms with E-state index in [4.69, 9.17) is 4.74 Å². The molecule has 2 fully saturated rings. The highest BCUT2D eigenvalue weighted by molar-refractivity contribution is 7.88. The minimum absolute atomic E-state index is 0.0104. The number of carbonyl (C=O) groups excluding carboxylic acids is 1. The molecule has 0 unspecified atom stereocenters. The average molecular weight is 304 g/mol. The third-order valence-corrected chi connectivity index (χ3v) is 5.33. The SMILES string of the molecule is CC(C)NC(=O)C[C@H]1OC[C@@H]2CN(S(C)(=O)=O)CC[C@H]21. The Labute approximate surface area is 120 Å². The molecule has 2 heterocycles. The quantitative estimate of drug-likeness (QED) is 0.805. The monoisotopic (exact) mass is 304 g/mol. The Morgan fingerprint density at radius 3 is 2.75 bits per heavy atom. The van der Waals surface area contributed by atoms with Gasteiger partial charge < -0.3 is 10.1 Å². The summed E-state index contributed by atoms with van der Waals surface area (Å²) >= 11 is 0. The summed E-state index contributed by atoms with van der Waals surface area (Å²) < 4.78 is 30.4. The fourth-order valence-corrected chi connectivity index (χ4v) is 4.03. The number of sulfonamides is 1. The first-order valence-corrected chi connectivity index (χ1v) is 8.98. The van der Waals surface area contributed by atoms with Crippen LogP contribution in [0.1, 0.15) is 26.7 Å². The van der Waals surface area contributed by atoms with Gasteiger partial charge in [0, 0.05) is 25.0 Å². The van der Waals surface area contributed by atoms with Crippen molar-refractivity contribution in [3.63, 3.8) is 0 Å². The molecule has 2 rings (SSSR count). The van der Waals surface area contributed by atoms with Gasteiger partial charge in [0.05, 0.1) is 25.4 Å². The first-order chi connectivity index (χ1) is 9.27. The summed E-state index contributed by atoms with van der Waals surface area (Å²) in [5.41, 5.74) is 0. The molecule has 0 aromatic rings. The molecule has 0 saturated carbocycles. The highest BCUT2D eigenvalue weighted by Crippen LogP contribution is 2.36. The first kappa shape index (κ1) is 15.7. The second-order valence-corrected chi connectivity index (χ2v) is 8.11. The Kier molecular flexibility index (Phi) is 4.71. The molecule has 0 radical (unpaired) electrons. The van der Waals surface area contributed by atoms with E-state index >= 15 is 0 Å². The Balaban J connectivity index is 1.91. The third-order valence-electron chi connectivity index (χ3n) is 4.06. The van der Waals surface area contributed by atoms with Crippen LogP contribution in [0.5, 0.6) is 0 Å². The van der Waals surface area contributed by atoms with E-state index in [-0.39, 0.29) is 24.0 Å². The van der Waals surface area contributed by atoms with E-state index < -0.39 is 10.0 Å². The predicted molar refractivity (Wildman–Crippen MR) is 75.6 cm³/mol. The van der Waals surface area contributed by atoms with E-state index in [1.54, 1.807) is 0 Å². The maximum atomic E-state index is 11.8. The third kappa shape index (κ3) is 3.71. The van der Waals surface area contributed by atoms with Crippen LogP contribution in [0, 0.1) is 11.8 Å². The van der Waals surface area contributed by atoms with E-state index in [1.165, 1.54) is 10.6 Å². The lowest BCUT2D eigenvalue weighted by molar-refractivity contribution is -0.124. The topological polar surface area (TPSA) is 75.7 Å². The van der Waals surface area contributed by atoms with Gasteiger partial charge in [-0.25, -0.2) is 12.7 Å². The lowest BCUT2D eigenvalue weighted by Gasteiger charge is -2.34. The number of ether oxygens (including phenoxy) is 1. The van der Waals surface area contributed by atoms with Crippen LogP contribution >= 0.6 is 0 Å². The van der Waals surface area contributed by atoms with Crippen LogP contribution in [0.3, 0.4) is 0 Å². The van der Waals surface area contributed by atoms with Gasteiger partial charge in [-0.15, -0.1) is 0 Å². The van der Waals surface area contributed by atoms with Crippen LogP contribution < -0.4 is 5.32 Å². The minimum atomic E-state index is -3.12. The maximum Gasteiger partial charge on any atom is 0.222 e. The number of carbonyl (C=O) groups is 1. The van der Waals surface area contributed by atoms with E-state index in [0.717, 1.165) is 6.42 Å². The fraction of sp³-hybridized carbons (Fsp3) is 0.923. The van der Waals surface area contributed by atoms with Crippen molar-refractivity contribution in [1.29, 1.82) is 0 Å². The molecule has 0 aliphatic carbocycles. The molecule has 2 saturated heterocycles. The zero-order valence-corrected chi connectivity index (χ0v) is 13.1. The zero-order chi connectivity index (χ0) is 14.9. The smallest absolute Gasteiger partial charge is 0.222 e. The number of hydrogen-bond acceptors (Lipinski definition) is 4. The van der Waals surface area contributed by atoms with Gasteiger partial charge in [0.1, 0.15) is 0 Å². The van der Waals surface area contributed by atoms with Crippen LogP contribution in [0.2, 0.25) is 0 Å². The number of rotatable bonds is 4. The van der Waals surface area contributed by atoms with Crippen molar-refractivity contribution in [3.8, 4) is 0 Å². The number of fused-ring (bicyclic) bond motifs is 1. The number of amides is 1. The molecule has 116 valence electrons. The summed E-state index contributed by atoms with van der Waals surface area (Å²) in [6.07, 6.45) is 2.33. The van der Waals surface area contributed by atoms with Crippen LogP contribution in [-0.2, 0) is 19.6 Å². The number of nitrogens with zero attached hydrogens (tertiary/aromatic N) is 1. The molecule has 0 bridgehead atoms. The molecule has 2 aliphatic heterocycles. The number of hydrogen-bond donors (Lipinski definition) is 1. The van der Waals surface area contributed by atoms with Gasteiger partial charge in [0.2, 0.25) is 15.9 Å². The summed E-state index contributed by atoms with van der Waals surface area (Å²) in [5.74, 6) is 0.525. The van der Waals surface area contributed by atoms with Crippen molar-refractivity contribution < 1.29 is 17.9 Å². The molecular formula is C13H24N2O4S. The van der Waals surface area contributed by atoms with Gasteiger partial charge in [-0.05, 0) is 26.2 Å². The van der Waals surface area contributed by atoms with E-state index in [0.29, 0.717) is 32.0 Å². The van der Waals surface area contributed by atoms with Gasteiger partial charge in [0.25, 0.3) is 0 Å². The summed E-state index contributed by atoms with van der Waals surface area (Å²) in [6.45, 7) is 5.47. The molecule has 0 aromatic heterocycles. The fourth-order valence-electron chi connectivity index (χ4n) is 3.13. The normalized spacial score (nSPS) is 31.3. The van der Waals surface area contributed by atoms with Crippen molar-refractivity contribution in [2.75, 3.05) is 26.0 Å². The van der Waals surface area contributed by atoms with Gasteiger partial charge in [0.15, 0.2) is 0 Å². The average Bonchev–Trinajstić information content (AvgIpc) is 2.69. The van der Waals surface area contributed by atoms with Crippen LogP contribution in [0.15, 0.2) is 0 Å². The Hall–Kier alpha value is -0.660. The molecule has 2 aliphatic rings. The Bertz CT molecular complexity index is 463. The lowest BCUT2D eigenvalue weighted by atomic mass is 9.84. The van der Waals surface area contributed by atoms with E-state index in [1.807, 2.05) is 13.8 Å². The van der Waals surface area contributed by atoms with Crippen molar-refractivity contribution >= 4 is 15.9 Å². The summed E-state index contributed by atoms with van der Waals surface area (Å²) in [7, 11) is -3.12. The van der Waals surface area contributed by atoms with Gasteiger partial charge in [-0.3, -0.25) is 4.79 Å². The molecule has 1 N–H and O–H groups in total.